The van der Waals surface area contributed by atoms with Crippen molar-refractivity contribution < 1.29 is 0 Å². The fourth-order valence-electron chi connectivity index (χ4n) is 8.15. The van der Waals surface area contributed by atoms with Gasteiger partial charge in [-0.3, -0.25) is 0 Å². The molecule has 0 spiro atoms. The molecule has 0 aliphatic heterocycles. The van der Waals surface area contributed by atoms with E-state index in [2.05, 4.69) is 174 Å². The quantitative estimate of drug-likeness (QED) is 0.163. The van der Waals surface area contributed by atoms with Crippen molar-refractivity contribution >= 4 is 43.2 Å². The Morgan fingerprint density at radius 3 is 1.52 bits per heavy atom. The van der Waals surface area contributed by atoms with E-state index in [1.165, 1.54) is 48.0 Å². The van der Waals surface area contributed by atoms with Crippen LogP contribution in [0.15, 0.2) is 206 Å². The van der Waals surface area contributed by atoms with E-state index in [1.54, 1.807) is 0 Å². The van der Waals surface area contributed by atoms with Crippen LogP contribution in [0.1, 0.15) is 0 Å². The first-order valence-corrected chi connectivity index (χ1v) is 20.3. The Kier molecular flexibility index (Phi) is 8.30. The Morgan fingerprint density at radius 1 is 0.345 bits per heavy atom. The van der Waals surface area contributed by atoms with Gasteiger partial charge >= 0.3 is 0 Å². The second-order valence-corrected chi connectivity index (χ2v) is 15.4. The smallest absolute Gasteiger partial charge is 0.164 e. The van der Waals surface area contributed by atoms with Crippen LogP contribution in [0.25, 0.3) is 104 Å². The molecule has 0 bridgehead atoms. The average Bonchev–Trinajstić information content (AvgIpc) is 3.87. The Hall–Kier alpha value is -7.47. The van der Waals surface area contributed by atoms with Gasteiger partial charge in [-0.15, -0.1) is 11.3 Å². The molecule has 0 amide bonds. The monoisotopic (exact) mass is 758 g/mol. The van der Waals surface area contributed by atoms with Gasteiger partial charge in [-0.25, -0.2) is 15.0 Å². The molecular weight excluding hydrogens is 725 g/mol. The minimum atomic E-state index is 0.624. The largest absolute Gasteiger partial charge is 0.309 e. The van der Waals surface area contributed by atoms with E-state index < -0.39 is 0 Å². The van der Waals surface area contributed by atoms with Crippen LogP contribution >= 0.6 is 11.3 Å². The molecule has 0 N–H and O–H groups in total. The van der Waals surface area contributed by atoms with Crippen LogP contribution in [0, 0.1) is 0 Å². The Balaban J connectivity index is 1.09. The van der Waals surface area contributed by atoms with Crippen LogP contribution in [0.4, 0.5) is 0 Å². The van der Waals surface area contributed by atoms with Crippen molar-refractivity contribution in [1.29, 1.82) is 0 Å². The second-order valence-electron chi connectivity index (χ2n) is 14.4. The van der Waals surface area contributed by atoms with E-state index in [1.807, 2.05) is 47.7 Å². The molecule has 0 unspecified atom stereocenters. The predicted molar refractivity (Wildman–Crippen MR) is 242 cm³/mol. The van der Waals surface area contributed by atoms with Gasteiger partial charge in [-0.1, -0.05) is 182 Å². The van der Waals surface area contributed by atoms with Gasteiger partial charge in [0, 0.05) is 53.7 Å². The summed E-state index contributed by atoms with van der Waals surface area (Å²) in [5.41, 5.74) is 12.2. The number of aromatic nitrogens is 4. The summed E-state index contributed by atoms with van der Waals surface area (Å²) in [5, 5.41) is 3.75. The molecule has 0 aliphatic rings. The van der Waals surface area contributed by atoms with Crippen LogP contribution in [0.5, 0.6) is 0 Å². The minimum Gasteiger partial charge on any atom is -0.309 e. The lowest BCUT2D eigenvalue weighted by Gasteiger charge is -2.12. The summed E-state index contributed by atoms with van der Waals surface area (Å²) >= 11 is 1.88. The predicted octanol–water partition coefficient (Wildman–Crippen LogP) is 14.2. The van der Waals surface area contributed by atoms with Crippen molar-refractivity contribution in [2.24, 2.45) is 0 Å². The number of hydrogen-bond acceptors (Lipinski definition) is 4. The molecule has 0 aliphatic carbocycles. The number of para-hydroxylation sites is 1. The number of benzene rings is 8. The Bertz CT molecular complexity index is 3250. The SMILES string of the molecule is c1ccc(-c2ccc(-c3nc(-c4ccccc4)nc(-c4cccc(-n5c6ccccc6c6c7sc(-c8ccccc8)c(-c8ccccc8)c7ccc65)c4)n3)cc2)cc1. The van der Waals surface area contributed by atoms with Crippen LogP contribution in [0.3, 0.4) is 0 Å². The van der Waals surface area contributed by atoms with Gasteiger partial charge in [0.25, 0.3) is 0 Å². The van der Waals surface area contributed by atoms with Crippen LogP contribution in [0.2, 0.25) is 0 Å². The van der Waals surface area contributed by atoms with Gasteiger partial charge in [-0.05, 0) is 46.5 Å². The van der Waals surface area contributed by atoms with Gasteiger partial charge in [0.05, 0.1) is 11.0 Å². The fourth-order valence-corrected chi connectivity index (χ4v) is 9.53. The summed E-state index contributed by atoms with van der Waals surface area (Å²) in [6.45, 7) is 0. The summed E-state index contributed by atoms with van der Waals surface area (Å²) in [7, 11) is 0. The van der Waals surface area contributed by atoms with Crippen molar-refractivity contribution in [3.63, 3.8) is 0 Å². The highest BCUT2D eigenvalue weighted by atomic mass is 32.1. The minimum absolute atomic E-state index is 0.624. The summed E-state index contributed by atoms with van der Waals surface area (Å²) in [6.07, 6.45) is 0. The van der Waals surface area contributed by atoms with Gasteiger partial charge in [0.2, 0.25) is 0 Å². The van der Waals surface area contributed by atoms with Gasteiger partial charge in [0.15, 0.2) is 17.5 Å². The van der Waals surface area contributed by atoms with Crippen molar-refractivity contribution in [3.05, 3.63) is 206 Å². The first-order valence-electron chi connectivity index (χ1n) is 19.4. The molecular formula is C53H34N4S. The zero-order chi connectivity index (χ0) is 38.4. The third kappa shape index (κ3) is 5.88. The Morgan fingerprint density at radius 2 is 0.845 bits per heavy atom. The molecule has 0 atom stereocenters. The highest BCUT2D eigenvalue weighted by molar-refractivity contribution is 7.24. The third-order valence-corrected chi connectivity index (χ3v) is 12.1. The summed E-state index contributed by atoms with van der Waals surface area (Å²) in [5.74, 6) is 1.90. The second kappa shape index (κ2) is 14.2. The van der Waals surface area contributed by atoms with Crippen LogP contribution in [-0.4, -0.2) is 19.5 Å². The standard InChI is InChI=1S/C53H34N4S/c1-5-16-35(17-6-1)36-28-30-40(31-29-36)52-54-51(39-22-11-4-12-23-39)55-53(56-52)41-24-15-25-42(34-41)57-45-27-14-13-26-43(45)48-46(57)33-32-44-47(37-18-7-2-8-19-37)49(58-50(44)48)38-20-9-3-10-21-38/h1-34H. The molecule has 3 aromatic heterocycles. The number of thiophene rings is 1. The molecule has 3 heterocycles. The summed E-state index contributed by atoms with van der Waals surface area (Å²) in [6, 6.07) is 72.6. The molecule has 11 rings (SSSR count). The molecule has 4 nitrogen and oxygen atoms in total. The maximum Gasteiger partial charge on any atom is 0.164 e. The molecule has 58 heavy (non-hydrogen) atoms. The van der Waals surface area contributed by atoms with Crippen molar-refractivity contribution in [3.8, 4) is 72.5 Å². The first kappa shape index (κ1) is 33.8. The van der Waals surface area contributed by atoms with Gasteiger partial charge in [-0.2, -0.15) is 0 Å². The van der Waals surface area contributed by atoms with Crippen LogP contribution in [-0.2, 0) is 0 Å². The van der Waals surface area contributed by atoms with E-state index in [0.717, 1.165) is 39.0 Å². The third-order valence-electron chi connectivity index (χ3n) is 10.9. The van der Waals surface area contributed by atoms with Crippen molar-refractivity contribution in [1.82, 2.24) is 19.5 Å². The van der Waals surface area contributed by atoms with Crippen LogP contribution < -0.4 is 0 Å². The zero-order valence-corrected chi connectivity index (χ0v) is 32.1. The normalized spacial score (nSPS) is 11.4. The molecule has 0 saturated heterocycles. The topological polar surface area (TPSA) is 43.6 Å². The highest BCUT2D eigenvalue weighted by Gasteiger charge is 2.22. The van der Waals surface area contributed by atoms with E-state index in [0.29, 0.717) is 17.5 Å². The fraction of sp³-hybridized carbons (Fsp3) is 0. The molecule has 0 fully saturated rings. The highest BCUT2D eigenvalue weighted by Crippen LogP contribution is 2.49. The van der Waals surface area contributed by atoms with E-state index in [4.69, 9.17) is 15.0 Å². The molecule has 8 aromatic carbocycles. The van der Waals surface area contributed by atoms with Gasteiger partial charge in [0.1, 0.15) is 0 Å². The average molecular weight is 759 g/mol. The lowest BCUT2D eigenvalue weighted by atomic mass is 9.98. The maximum absolute atomic E-state index is 5.13. The number of fused-ring (bicyclic) bond motifs is 5. The molecule has 5 heteroatoms. The summed E-state index contributed by atoms with van der Waals surface area (Å²) in [4.78, 5) is 16.5. The Labute approximate surface area is 340 Å². The number of rotatable bonds is 7. The van der Waals surface area contributed by atoms with E-state index >= 15 is 0 Å². The lowest BCUT2D eigenvalue weighted by Crippen LogP contribution is -2.01. The molecule has 272 valence electrons. The van der Waals surface area contributed by atoms with Crippen molar-refractivity contribution in [2.75, 3.05) is 0 Å². The lowest BCUT2D eigenvalue weighted by molar-refractivity contribution is 1.07. The van der Waals surface area contributed by atoms with Gasteiger partial charge < -0.3 is 4.57 Å². The van der Waals surface area contributed by atoms with E-state index in [-0.39, 0.29) is 0 Å². The molecule has 0 saturated carbocycles. The van der Waals surface area contributed by atoms with E-state index in [9.17, 15) is 0 Å². The first-order chi connectivity index (χ1) is 28.8. The van der Waals surface area contributed by atoms with Crippen molar-refractivity contribution in [2.45, 2.75) is 0 Å². The molecule has 11 aromatic rings. The zero-order valence-electron chi connectivity index (χ0n) is 31.3. The molecule has 0 radical (unpaired) electrons. The number of nitrogens with zero attached hydrogens (tertiary/aromatic N) is 4. The number of hydrogen-bond donors (Lipinski definition) is 0. The summed E-state index contributed by atoms with van der Waals surface area (Å²) < 4.78 is 3.68. The maximum atomic E-state index is 5.13.